The number of fused-ring (bicyclic) bond motifs is 1. The van der Waals surface area contributed by atoms with Gasteiger partial charge < -0.3 is 9.64 Å². The third-order valence-corrected chi connectivity index (χ3v) is 2.27. The number of likely N-dealkylation sites (N-methyl/N-ethyl adjacent to an activating group) is 1. The van der Waals surface area contributed by atoms with Crippen molar-refractivity contribution in [3.8, 4) is 5.75 Å². The first-order chi connectivity index (χ1) is 7.22. The number of aromatic nitrogens is 1. The largest absolute Gasteiger partial charge is 0.488 e. The van der Waals surface area contributed by atoms with Gasteiger partial charge in [-0.15, -0.1) is 0 Å². The van der Waals surface area contributed by atoms with Crippen LogP contribution in [0.25, 0.3) is 0 Å². The maximum Gasteiger partial charge on any atom is 0.227 e. The lowest BCUT2D eigenvalue weighted by Crippen LogP contribution is -2.29. The van der Waals surface area contributed by atoms with Crippen LogP contribution in [0.4, 0.5) is 5.82 Å². The van der Waals surface area contributed by atoms with Gasteiger partial charge in [0.15, 0.2) is 17.9 Å². The highest BCUT2D eigenvalue weighted by atomic mass is 16.5. The zero-order valence-corrected chi connectivity index (χ0v) is 8.27. The van der Waals surface area contributed by atoms with Crippen LogP contribution < -0.4 is 9.64 Å². The lowest BCUT2D eigenvalue weighted by atomic mass is 10.2. The Morgan fingerprint density at radius 3 is 3.20 bits per heavy atom. The predicted molar refractivity (Wildman–Crippen MR) is 53.4 cm³/mol. The van der Waals surface area contributed by atoms with Crippen molar-refractivity contribution < 1.29 is 14.3 Å². The lowest BCUT2D eigenvalue weighted by Gasteiger charge is -2.26. The topological polar surface area (TPSA) is 59.5 Å². The first-order valence-corrected chi connectivity index (χ1v) is 4.56. The number of aldehydes is 1. The molecule has 2 heterocycles. The molecule has 0 fully saturated rings. The Labute approximate surface area is 86.7 Å². The molecule has 1 aromatic rings. The average molecular weight is 206 g/mol. The second-order valence-corrected chi connectivity index (χ2v) is 3.30. The van der Waals surface area contributed by atoms with Crippen LogP contribution in [-0.2, 0) is 4.79 Å². The molecule has 0 unspecified atom stereocenters. The smallest absolute Gasteiger partial charge is 0.227 e. The van der Waals surface area contributed by atoms with Gasteiger partial charge in [0.2, 0.25) is 5.78 Å². The summed E-state index contributed by atoms with van der Waals surface area (Å²) < 4.78 is 5.36. The minimum absolute atomic E-state index is 0.263. The van der Waals surface area contributed by atoms with E-state index in [1.807, 2.05) is 11.9 Å². The molecule has 0 saturated heterocycles. The molecule has 0 radical (unpaired) electrons. The van der Waals surface area contributed by atoms with E-state index in [0.29, 0.717) is 18.2 Å². The van der Waals surface area contributed by atoms with E-state index in [1.54, 1.807) is 6.07 Å². The Bertz CT molecular complexity index is 417. The fraction of sp³-hybridized carbons (Fsp3) is 0.300. The standard InChI is InChI=1S/C10H10N2O3/c1-12-2-3-15-9-4-7(8(14)6-13)5-11-10(9)12/h4-6H,2-3H2,1H3. The van der Waals surface area contributed by atoms with Gasteiger partial charge in [0, 0.05) is 18.8 Å². The maximum atomic E-state index is 11.1. The van der Waals surface area contributed by atoms with Crippen LogP contribution in [0.1, 0.15) is 10.4 Å². The monoisotopic (exact) mass is 206 g/mol. The second-order valence-electron chi connectivity index (χ2n) is 3.30. The molecule has 0 bridgehead atoms. The molecule has 1 aromatic heterocycles. The quantitative estimate of drug-likeness (QED) is 0.395. The van der Waals surface area contributed by atoms with E-state index in [-0.39, 0.29) is 11.8 Å². The van der Waals surface area contributed by atoms with Crippen molar-refractivity contribution in [1.82, 2.24) is 4.98 Å². The molecule has 78 valence electrons. The summed E-state index contributed by atoms with van der Waals surface area (Å²) in [6.07, 6.45) is 1.66. The number of rotatable bonds is 2. The Morgan fingerprint density at radius 2 is 2.47 bits per heavy atom. The van der Waals surface area contributed by atoms with Crippen molar-refractivity contribution in [2.75, 3.05) is 25.1 Å². The summed E-state index contributed by atoms with van der Waals surface area (Å²) in [7, 11) is 1.90. The van der Waals surface area contributed by atoms with Crippen LogP contribution in [0.3, 0.4) is 0 Å². The molecule has 0 atom stereocenters. The van der Waals surface area contributed by atoms with E-state index in [0.717, 1.165) is 6.54 Å². The summed E-state index contributed by atoms with van der Waals surface area (Å²) in [6, 6.07) is 1.55. The number of carbonyl (C=O) groups is 2. The Kier molecular flexibility index (Phi) is 2.37. The molecule has 0 amide bonds. The van der Waals surface area contributed by atoms with Gasteiger partial charge in [0.1, 0.15) is 6.61 Å². The van der Waals surface area contributed by atoms with Gasteiger partial charge in [-0.3, -0.25) is 9.59 Å². The number of hydrogen-bond acceptors (Lipinski definition) is 5. The zero-order valence-electron chi connectivity index (χ0n) is 8.27. The van der Waals surface area contributed by atoms with E-state index in [9.17, 15) is 9.59 Å². The normalized spacial score (nSPS) is 14.1. The molecular weight excluding hydrogens is 196 g/mol. The number of pyridine rings is 1. The molecule has 15 heavy (non-hydrogen) atoms. The van der Waals surface area contributed by atoms with Crippen molar-refractivity contribution in [1.29, 1.82) is 0 Å². The fourth-order valence-electron chi connectivity index (χ4n) is 1.43. The van der Waals surface area contributed by atoms with Gasteiger partial charge in [-0.2, -0.15) is 0 Å². The van der Waals surface area contributed by atoms with E-state index in [4.69, 9.17) is 4.74 Å². The fourth-order valence-corrected chi connectivity index (χ4v) is 1.43. The molecule has 5 heteroatoms. The SMILES string of the molecule is CN1CCOc2cc(C(=O)C=O)cnc21. The number of hydrogen-bond donors (Lipinski definition) is 0. The number of ketones is 1. The summed E-state index contributed by atoms with van der Waals surface area (Å²) in [5, 5.41) is 0. The second kappa shape index (κ2) is 3.68. The summed E-state index contributed by atoms with van der Waals surface area (Å²) in [5.41, 5.74) is 0.263. The number of anilines is 1. The number of nitrogens with zero attached hydrogens (tertiary/aromatic N) is 2. The number of ether oxygens (including phenoxy) is 1. The molecule has 0 aliphatic carbocycles. The number of carbonyl (C=O) groups excluding carboxylic acids is 2. The lowest BCUT2D eigenvalue weighted by molar-refractivity contribution is -0.104. The summed E-state index contributed by atoms with van der Waals surface area (Å²) >= 11 is 0. The van der Waals surface area contributed by atoms with Gasteiger partial charge in [-0.1, -0.05) is 0 Å². The van der Waals surface area contributed by atoms with E-state index >= 15 is 0 Å². The van der Waals surface area contributed by atoms with Crippen LogP contribution in [0.15, 0.2) is 12.3 Å². The molecule has 1 aliphatic heterocycles. The zero-order chi connectivity index (χ0) is 10.8. The third-order valence-electron chi connectivity index (χ3n) is 2.27. The Hall–Kier alpha value is -1.91. The predicted octanol–water partition coefficient (Wildman–Crippen LogP) is 0.292. The molecule has 0 N–H and O–H groups in total. The third kappa shape index (κ3) is 1.68. The average Bonchev–Trinajstić information content (AvgIpc) is 2.28. The van der Waals surface area contributed by atoms with Crippen LogP contribution in [-0.4, -0.2) is 37.3 Å². The minimum atomic E-state index is -0.581. The van der Waals surface area contributed by atoms with Gasteiger partial charge >= 0.3 is 0 Å². The van der Waals surface area contributed by atoms with Gasteiger partial charge in [0.05, 0.1) is 6.54 Å². The molecule has 0 spiro atoms. The minimum Gasteiger partial charge on any atom is -0.488 e. The van der Waals surface area contributed by atoms with E-state index < -0.39 is 5.78 Å². The number of Topliss-reactive ketones (excluding diaryl/α,β-unsaturated/α-hetero) is 1. The van der Waals surface area contributed by atoms with Crippen LogP contribution in [0.2, 0.25) is 0 Å². The van der Waals surface area contributed by atoms with Gasteiger partial charge in [0.25, 0.3) is 0 Å². The highest BCUT2D eigenvalue weighted by Crippen LogP contribution is 2.28. The van der Waals surface area contributed by atoms with E-state index in [2.05, 4.69) is 4.98 Å². The van der Waals surface area contributed by atoms with Crippen molar-refractivity contribution >= 4 is 17.9 Å². The van der Waals surface area contributed by atoms with Crippen LogP contribution >= 0.6 is 0 Å². The van der Waals surface area contributed by atoms with Crippen molar-refractivity contribution in [3.63, 3.8) is 0 Å². The summed E-state index contributed by atoms with van der Waals surface area (Å²) in [5.74, 6) is 0.669. The summed E-state index contributed by atoms with van der Waals surface area (Å²) in [6.45, 7) is 1.32. The Morgan fingerprint density at radius 1 is 1.67 bits per heavy atom. The first-order valence-electron chi connectivity index (χ1n) is 4.56. The van der Waals surface area contributed by atoms with Crippen LogP contribution in [0, 0.1) is 0 Å². The molecule has 2 rings (SSSR count). The molecule has 1 aliphatic rings. The Balaban J connectivity index is 2.41. The molecule has 0 saturated carbocycles. The van der Waals surface area contributed by atoms with E-state index in [1.165, 1.54) is 6.20 Å². The summed E-state index contributed by atoms with van der Waals surface area (Å²) in [4.78, 5) is 27.4. The molecule has 5 nitrogen and oxygen atoms in total. The molecular formula is C10H10N2O3. The maximum absolute atomic E-state index is 11.1. The first kappa shape index (κ1) is 9.64. The van der Waals surface area contributed by atoms with Crippen LogP contribution in [0.5, 0.6) is 5.75 Å². The van der Waals surface area contributed by atoms with Gasteiger partial charge in [-0.25, -0.2) is 4.98 Å². The van der Waals surface area contributed by atoms with Crippen molar-refractivity contribution in [2.24, 2.45) is 0 Å². The van der Waals surface area contributed by atoms with Gasteiger partial charge in [-0.05, 0) is 6.07 Å². The molecule has 0 aromatic carbocycles. The van der Waals surface area contributed by atoms with Crippen molar-refractivity contribution in [3.05, 3.63) is 17.8 Å². The highest BCUT2D eigenvalue weighted by molar-refractivity contribution is 6.33. The highest BCUT2D eigenvalue weighted by Gasteiger charge is 2.18. The van der Waals surface area contributed by atoms with Crippen molar-refractivity contribution in [2.45, 2.75) is 0 Å².